The molecule has 0 aromatic carbocycles. The molecule has 0 aliphatic carbocycles. The zero-order valence-corrected chi connectivity index (χ0v) is 16.4. The summed E-state index contributed by atoms with van der Waals surface area (Å²) in [7, 11) is 0. The molecule has 0 radical (unpaired) electrons. The van der Waals surface area contributed by atoms with E-state index < -0.39 is 0 Å². The van der Waals surface area contributed by atoms with Gasteiger partial charge in [-0.05, 0) is 67.3 Å². The molecule has 3 aliphatic heterocycles. The monoisotopic (exact) mass is 365 g/mol. The number of hydrogen-bond donors (Lipinski definition) is 0. The SMILES string of the molecule is c1sc(CN2CCN(C3CCSCC3)CC2)cc1CN1CCCC1. The number of nitrogens with zero attached hydrogens (tertiary/aromatic N) is 3. The summed E-state index contributed by atoms with van der Waals surface area (Å²) >= 11 is 4.11. The Morgan fingerprint density at radius 3 is 2.33 bits per heavy atom. The minimum absolute atomic E-state index is 0.877. The van der Waals surface area contributed by atoms with Gasteiger partial charge in [0.05, 0.1) is 0 Å². The zero-order chi connectivity index (χ0) is 16.2. The molecule has 0 N–H and O–H groups in total. The van der Waals surface area contributed by atoms with Crippen LogP contribution in [0.1, 0.15) is 36.1 Å². The number of thioether (sulfide) groups is 1. The lowest BCUT2D eigenvalue weighted by Gasteiger charge is -2.40. The molecule has 3 fully saturated rings. The third-order valence-corrected chi connectivity index (χ3v) is 7.83. The molecule has 134 valence electrons. The summed E-state index contributed by atoms with van der Waals surface area (Å²) in [6.45, 7) is 10.00. The van der Waals surface area contributed by atoms with Crippen molar-refractivity contribution in [3.8, 4) is 0 Å². The molecule has 0 spiro atoms. The van der Waals surface area contributed by atoms with Crippen molar-refractivity contribution in [1.29, 1.82) is 0 Å². The fraction of sp³-hybridized carbons (Fsp3) is 0.789. The van der Waals surface area contributed by atoms with Gasteiger partial charge in [-0.15, -0.1) is 11.3 Å². The predicted octanol–water partition coefficient (Wildman–Crippen LogP) is 3.36. The van der Waals surface area contributed by atoms with E-state index in [1.54, 1.807) is 4.88 Å². The van der Waals surface area contributed by atoms with Crippen LogP contribution in [0.15, 0.2) is 11.4 Å². The van der Waals surface area contributed by atoms with Crippen molar-refractivity contribution in [3.63, 3.8) is 0 Å². The van der Waals surface area contributed by atoms with Crippen LogP contribution in [0.4, 0.5) is 0 Å². The van der Waals surface area contributed by atoms with Gasteiger partial charge in [-0.2, -0.15) is 11.8 Å². The van der Waals surface area contributed by atoms with Crippen LogP contribution < -0.4 is 0 Å². The molecule has 3 saturated heterocycles. The van der Waals surface area contributed by atoms with Crippen LogP contribution in [0.5, 0.6) is 0 Å². The Hall–Kier alpha value is -0.0700. The third kappa shape index (κ3) is 4.55. The van der Waals surface area contributed by atoms with Crippen molar-refractivity contribution < 1.29 is 0 Å². The van der Waals surface area contributed by atoms with Gasteiger partial charge in [-0.1, -0.05) is 0 Å². The molecule has 0 saturated carbocycles. The quantitative estimate of drug-likeness (QED) is 0.791. The maximum absolute atomic E-state index is 2.77. The lowest BCUT2D eigenvalue weighted by molar-refractivity contribution is 0.0885. The van der Waals surface area contributed by atoms with Gasteiger partial charge in [0.1, 0.15) is 0 Å². The normalized spacial score (nSPS) is 25.5. The Morgan fingerprint density at radius 1 is 0.875 bits per heavy atom. The number of hydrogen-bond acceptors (Lipinski definition) is 5. The van der Waals surface area contributed by atoms with E-state index in [9.17, 15) is 0 Å². The Balaban J connectivity index is 1.22. The van der Waals surface area contributed by atoms with Gasteiger partial charge in [-0.3, -0.25) is 14.7 Å². The van der Waals surface area contributed by atoms with Crippen molar-refractivity contribution in [1.82, 2.24) is 14.7 Å². The first-order valence-corrected chi connectivity index (χ1v) is 11.7. The molecule has 1 aromatic heterocycles. The van der Waals surface area contributed by atoms with Crippen molar-refractivity contribution in [2.75, 3.05) is 50.8 Å². The molecular weight excluding hydrogens is 334 g/mol. The van der Waals surface area contributed by atoms with Gasteiger partial charge in [0.15, 0.2) is 0 Å². The van der Waals surface area contributed by atoms with E-state index in [1.165, 1.54) is 95.1 Å². The molecule has 3 nitrogen and oxygen atoms in total. The summed E-state index contributed by atoms with van der Waals surface area (Å²) in [4.78, 5) is 9.60. The first kappa shape index (κ1) is 17.3. The molecule has 0 atom stereocenters. The Morgan fingerprint density at radius 2 is 1.58 bits per heavy atom. The first-order valence-electron chi connectivity index (χ1n) is 9.69. The number of piperazine rings is 1. The van der Waals surface area contributed by atoms with E-state index in [0.29, 0.717) is 0 Å². The van der Waals surface area contributed by atoms with Gasteiger partial charge < -0.3 is 0 Å². The van der Waals surface area contributed by atoms with Crippen LogP contribution in [-0.2, 0) is 13.1 Å². The fourth-order valence-electron chi connectivity index (χ4n) is 4.35. The van der Waals surface area contributed by atoms with Gasteiger partial charge in [0, 0.05) is 50.2 Å². The standard InChI is InChI=1S/C19H31N3S2/c1-2-6-20(5-1)14-17-13-19(24-16-17)15-21-7-9-22(10-8-21)18-3-11-23-12-4-18/h13,16,18H,1-12,14-15H2. The number of likely N-dealkylation sites (tertiary alicyclic amines) is 1. The molecule has 4 rings (SSSR count). The van der Waals surface area contributed by atoms with Crippen LogP contribution >= 0.6 is 23.1 Å². The van der Waals surface area contributed by atoms with E-state index in [-0.39, 0.29) is 0 Å². The van der Waals surface area contributed by atoms with Gasteiger partial charge >= 0.3 is 0 Å². The highest BCUT2D eigenvalue weighted by Crippen LogP contribution is 2.24. The smallest absolute Gasteiger partial charge is 0.0329 e. The van der Waals surface area contributed by atoms with Crippen LogP contribution in [0, 0.1) is 0 Å². The average Bonchev–Trinajstić information content (AvgIpc) is 3.29. The fourth-order valence-corrected chi connectivity index (χ4v) is 6.35. The summed E-state index contributed by atoms with van der Waals surface area (Å²) in [5.74, 6) is 2.75. The number of rotatable bonds is 5. The predicted molar refractivity (Wildman–Crippen MR) is 106 cm³/mol. The van der Waals surface area contributed by atoms with Crippen LogP contribution in [-0.4, -0.2) is 71.5 Å². The van der Waals surface area contributed by atoms with E-state index in [0.717, 1.165) is 6.04 Å². The maximum Gasteiger partial charge on any atom is 0.0329 e. The molecule has 3 aliphatic rings. The van der Waals surface area contributed by atoms with Crippen molar-refractivity contribution in [2.45, 2.75) is 44.8 Å². The lowest BCUT2D eigenvalue weighted by Crippen LogP contribution is -2.50. The minimum Gasteiger partial charge on any atom is -0.299 e. The molecule has 0 bridgehead atoms. The van der Waals surface area contributed by atoms with Gasteiger partial charge in [-0.25, -0.2) is 0 Å². The molecule has 5 heteroatoms. The van der Waals surface area contributed by atoms with E-state index in [2.05, 4.69) is 37.9 Å². The van der Waals surface area contributed by atoms with Crippen LogP contribution in [0.3, 0.4) is 0 Å². The van der Waals surface area contributed by atoms with E-state index >= 15 is 0 Å². The second-order valence-electron chi connectivity index (χ2n) is 7.56. The van der Waals surface area contributed by atoms with Crippen molar-refractivity contribution in [3.05, 3.63) is 21.9 Å². The minimum atomic E-state index is 0.877. The molecule has 0 unspecified atom stereocenters. The highest BCUT2D eigenvalue weighted by molar-refractivity contribution is 7.99. The van der Waals surface area contributed by atoms with Crippen LogP contribution in [0.2, 0.25) is 0 Å². The second kappa shape index (κ2) is 8.54. The Bertz CT molecular complexity index is 498. The zero-order valence-electron chi connectivity index (χ0n) is 14.8. The molecule has 24 heavy (non-hydrogen) atoms. The summed E-state index contributed by atoms with van der Waals surface area (Å²) in [5, 5.41) is 2.39. The summed E-state index contributed by atoms with van der Waals surface area (Å²) in [6, 6.07) is 3.34. The van der Waals surface area contributed by atoms with Gasteiger partial charge in [0.25, 0.3) is 0 Å². The Labute approximate surface area is 155 Å². The highest BCUT2D eigenvalue weighted by atomic mass is 32.2. The van der Waals surface area contributed by atoms with Crippen molar-refractivity contribution >= 4 is 23.1 Å². The first-order chi connectivity index (χ1) is 11.9. The summed E-state index contributed by atoms with van der Waals surface area (Å²) < 4.78 is 0. The molecular formula is C19H31N3S2. The lowest BCUT2D eigenvalue weighted by atomic mass is 10.1. The second-order valence-corrected chi connectivity index (χ2v) is 9.78. The van der Waals surface area contributed by atoms with E-state index in [1.807, 2.05) is 11.3 Å². The topological polar surface area (TPSA) is 9.72 Å². The highest BCUT2D eigenvalue weighted by Gasteiger charge is 2.25. The van der Waals surface area contributed by atoms with E-state index in [4.69, 9.17) is 0 Å². The molecule has 0 amide bonds. The summed E-state index contributed by atoms with van der Waals surface area (Å²) in [6.07, 6.45) is 5.60. The molecule has 4 heterocycles. The molecule has 1 aromatic rings. The Kier molecular flexibility index (Phi) is 6.17. The largest absolute Gasteiger partial charge is 0.299 e. The van der Waals surface area contributed by atoms with Gasteiger partial charge in [0.2, 0.25) is 0 Å². The third-order valence-electron chi connectivity index (χ3n) is 5.81. The van der Waals surface area contributed by atoms with Crippen LogP contribution in [0.25, 0.3) is 0 Å². The number of thiophene rings is 1. The van der Waals surface area contributed by atoms with Crippen molar-refractivity contribution in [2.24, 2.45) is 0 Å². The maximum atomic E-state index is 2.77. The summed E-state index contributed by atoms with van der Waals surface area (Å²) in [5.41, 5.74) is 1.54. The average molecular weight is 366 g/mol.